The molecule has 0 saturated heterocycles. The largest absolute Gasteiger partial charge is 0.480 e. The van der Waals surface area contributed by atoms with E-state index in [0.717, 1.165) is 40.7 Å². The molecule has 0 fully saturated rings. The Bertz CT molecular complexity index is 1410. The van der Waals surface area contributed by atoms with Crippen LogP contribution < -0.4 is 26.4 Å². The highest BCUT2D eigenvalue weighted by atomic mass is 16.4. The highest BCUT2D eigenvalue weighted by Gasteiger charge is 2.29. The maximum Gasteiger partial charge on any atom is 0.326 e. The number of carboxylic acids is 1. The first-order chi connectivity index (χ1) is 17.4. The van der Waals surface area contributed by atoms with E-state index in [4.69, 9.17) is 0 Å². The van der Waals surface area contributed by atoms with Gasteiger partial charge in [-0.3, -0.25) is 9.59 Å². The number of aromatic nitrogens is 1. The number of nitrogens with zero attached hydrogens (tertiary/aromatic N) is 2. The van der Waals surface area contributed by atoms with Gasteiger partial charge >= 0.3 is 5.97 Å². The lowest BCUT2D eigenvalue weighted by Gasteiger charge is -2.28. The maximum absolute atomic E-state index is 12.3. The van der Waals surface area contributed by atoms with Crippen LogP contribution in [0.15, 0.2) is 70.4 Å². The van der Waals surface area contributed by atoms with Gasteiger partial charge in [0, 0.05) is 36.8 Å². The SMILES string of the molecule is CCCN(CCC)c1c(NC(Cc2ccc(Nc3nccc4ccccc34)cc2)C(=O)O)c(=O)c1=O. The summed E-state index contributed by atoms with van der Waals surface area (Å²) in [5, 5.41) is 18.1. The molecular formula is C28H30N4O4. The van der Waals surface area contributed by atoms with Crippen molar-refractivity contribution in [2.45, 2.75) is 39.2 Å². The molecule has 0 saturated carbocycles. The zero-order valence-corrected chi connectivity index (χ0v) is 20.5. The Labute approximate surface area is 209 Å². The van der Waals surface area contributed by atoms with Crippen molar-refractivity contribution in [3.8, 4) is 0 Å². The van der Waals surface area contributed by atoms with Crippen LogP contribution in [0.1, 0.15) is 32.3 Å². The van der Waals surface area contributed by atoms with E-state index in [-0.39, 0.29) is 12.1 Å². The van der Waals surface area contributed by atoms with Crippen molar-refractivity contribution in [2.24, 2.45) is 0 Å². The molecule has 8 nitrogen and oxygen atoms in total. The molecule has 3 N–H and O–H groups in total. The van der Waals surface area contributed by atoms with Gasteiger partial charge in [0.2, 0.25) is 0 Å². The Hall–Kier alpha value is -4.20. The molecule has 0 aliphatic rings. The third kappa shape index (κ3) is 5.22. The van der Waals surface area contributed by atoms with Crippen LogP contribution in [0.25, 0.3) is 10.8 Å². The average molecular weight is 487 g/mol. The van der Waals surface area contributed by atoms with Gasteiger partial charge < -0.3 is 20.6 Å². The molecule has 0 aliphatic carbocycles. The van der Waals surface area contributed by atoms with Crippen molar-refractivity contribution in [3.63, 3.8) is 0 Å². The van der Waals surface area contributed by atoms with E-state index in [1.165, 1.54) is 0 Å². The standard InChI is InChI=1S/C28H30N4O4/c1-3-15-32(16-4-2)24-23(25(33)26(24)34)31-22(28(35)36)17-18-9-11-20(12-10-18)30-27-21-8-6-5-7-19(21)13-14-29-27/h5-14,22,31H,3-4,15-17H2,1-2H3,(H,29,30)(H,35,36). The molecule has 1 unspecified atom stereocenters. The number of nitrogens with one attached hydrogen (secondary N) is 2. The smallest absolute Gasteiger partial charge is 0.326 e. The highest BCUT2D eigenvalue weighted by molar-refractivity contribution is 5.93. The highest BCUT2D eigenvalue weighted by Crippen LogP contribution is 2.25. The van der Waals surface area contributed by atoms with Crippen LogP contribution in [0.4, 0.5) is 22.9 Å². The van der Waals surface area contributed by atoms with E-state index in [2.05, 4.69) is 15.6 Å². The molecule has 36 heavy (non-hydrogen) atoms. The lowest BCUT2D eigenvalue weighted by Crippen LogP contribution is -2.46. The Balaban J connectivity index is 1.49. The summed E-state index contributed by atoms with van der Waals surface area (Å²) >= 11 is 0. The zero-order valence-electron chi connectivity index (χ0n) is 20.5. The number of carboxylic acid groups (broad SMARTS) is 1. The lowest BCUT2D eigenvalue weighted by atomic mass is 10.0. The van der Waals surface area contributed by atoms with Gasteiger partial charge in [-0.1, -0.05) is 50.2 Å². The van der Waals surface area contributed by atoms with Gasteiger partial charge in [0.05, 0.1) is 0 Å². The number of hydrogen-bond donors (Lipinski definition) is 3. The Morgan fingerprint density at radius 1 is 0.972 bits per heavy atom. The minimum atomic E-state index is -1.09. The fourth-order valence-corrected chi connectivity index (χ4v) is 4.38. The Morgan fingerprint density at radius 3 is 2.33 bits per heavy atom. The molecule has 186 valence electrons. The number of benzene rings is 2. The third-order valence-corrected chi connectivity index (χ3v) is 6.14. The van der Waals surface area contributed by atoms with Crippen LogP contribution in [0.3, 0.4) is 0 Å². The number of aliphatic carboxylic acids is 1. The summed E-state index contributed by atoms with van der Waals surface area (Å²) in [6.07, 6.45) is 3.53. The second kappa shape index (κ2) is 11.0. The summed E-state index contributed by atoms with van der Waals surface area (Å²) in [6, 6.07) is 16.3. The summed E-state index contributed by atoms with van der Waals surface area (Å²) < 4.78 is 0. The summed E-state index contributed by atoms with van der Waals surface area (Å²) in [5.74, 6) is -0.351. The van der Waals surface area contributed by atoms with Gasteiger partial charge in [-0.15, -0.1) is 0 Å². The van der Waals surface area contributed by atoms with Crippen molar-refractivity contribution in [1.29, 1.82) is 0 Å². The topological polar surface area (TPSA) is 112 Å². The second-order valence-corrected chi connectivity index (χ2v) is 8.81. The van der Waals surface area contributed by atoms with Gasteiger partial charge in [0.1, 0.15) is 23.2 Å². The van der Waals surface area contributed by atoms with E-state index >= 15 is 0 Å². The summed E-state index contributed by atoms with van der Waals surface area (Å²) in [4.78, 5) is 42.9. The van der Waals surface area contributed by atoms with Crippen LogP contribution in [0, 0.1) is 0 Å². The van der Waals surface area contributed by atoms with Crippen LogP contribution in [-0.4, -0.2) is 35.2 Å². The fourth-order valence-electron chi connectivity index (χ4n) is 4.38. The predicted molar refractivity (Wildman–Crippen MR) is 144 cm³/mol. The summed E-state index contributed by atoms with van der Waals surface area (Å²) in [5.41, 5.74) is 0.802. The molecule has 3 aromatic carbocycles. The average Bonchev–Trinajstić information content (AvgIpc) is 2.88. The van der Waals surface area contributed by atoms with Gasteiger partial charge in [0.15, 0.2) is 0 Å². The Morgan fingerprint density at radius 2 is 1.67 bits per heavy atom. The molecule has 0 spiro atoms. The maximum atomic E-state index is 12.3. The molecule has 4 rings (SSSR count). The van der Waals surface area contributed by atoms with E-state index in [0.29, 0.717) is 18.8 Å². The molecule has 8 heteroatoms. The third-order valence-electron chi connectivity index (χ3n) is 6.14. The number of hydrogen-bond acceptors (Lipinski definition) is 7. The molecule has 0 radical (unpaired) electrons. The molecule has 1 atom stereocenters. The zero-order chi connectivity index (χ0) is 25.7. The number of rotatable bonds is 12. The number of anilines is 4. The van der Waals surface area contributed by atoms with Crippen molar-refractivity contribution in [3.05, 3.63) is 86.8 Å². The molecule has 1 aromatic heterocycles. The number of fused-ring (bicyclic) bond motifs is 1. The number of carbonyl (C=O) groups is 1. The van der Waals surface area contributed by atoms with E-state index in [1.807, 2.05) is 73.3 Å². The van der Waals surface area contributed by atoms with Crippen molar-refractivity contribution < 1.29 is 9.90 Å². The molecule has 0 bridgehead atoms. The molecular weight excluding hydrogens is 456 g/mol. The van der Waals surface area contributed by atoms with Gasteiger partial charge in [-0.05, 0) is 42.0 Å². The normalized spacial score (nSPS) is 11.9. The molecule has 0 amide bonds. The van der Waals surface area contributed by atoms with Crippen molar-refractivity contribution >= 4 is 39.6 Å². The van der Waals surface area contributed by atoms with E-state index in [1.54, 1.807) is 6.20 Å². The van der Waals surface area contributed by atoms with Crippen LogP contribution in [0.5, 0.6) is 0 Å². The van der Waals surface area contributed by atoms with Crippen molar-refractivity contribution in [2.75, 3.05) is 28.6 Å². The Kier molecular flexibility index (Phi) is 7.63. The van der Waals surface area contributed by atoms with Crippen molar-refractivity contribution in [1.82, 2.24) is 4.98 Å². The van der Waals surface area contributed by atoms with Gasteiger partial charge in [-0.25, -0.2) is 9.78 Å². The monoisotopic (exact) mass is 486 g/mol. The summed E-state index contributed by atoms with van der Waals surface area (Å²) in [7, 11) is 0. The van der Waals surface area contributed by atoms with Crippen LogP contribution in [0.2, 0.25) is 0 Å². The fraction of sp³-hybridized carbons (Fsp3) is 0.286. The summed E-state index contributed by atoms with van der Waals surface area (Å²) in [6.45, 7) is 5.25. The first kappa shape index (κ1) is 24.9. The van der Waals surface area contributed by atoms with Gasteiger partial charge in [-0.2, -0.15) is 0 Å². The molecule has 0 aliphatic heterocycles. The molecule has 4 aromatic rings. The minimum Gasteiger partial charge on any atom is -0.480 e. The second-order valence-electron chi connectivity index (χ2n) is 8.81. The predicted octanol–water partition coefficient (Wildman–Crippen LogP) is 4.31. The van der Waals surface area contributed by atoms with Crippen LogP contribution in [-0.2, 0) is 11.2 Å². The minimum absolute atomic E-state index is 0.106. The van der Waals surface area contributed by atoms with E-state index in [9.17, 15) is 19.5 Å². The molecule has 1 heterocycles. The van der Waals surface area contributed by atoms with E-state index < -0.39 is 22.9 Å². The first-order valence-corrected chi connectivity index (χ1v) is 12.2. The number of pyridine rings is 1. The quantitative estimate of drug-likeness (QED) is 0.254. The van der Waals surface area contributed by atoms with Gasteiger partial charge in [0.25, 0.3) is 10.9 Å². The first-order valence-electron chi connectivity index (χ1n) is 12.2. The van der Waals surface area contributed by atoms with Crippen LogP contribution >= 0.6 is 0 Å². The lowest BCUT2D eigenvalue weighted by molar-refractivity contribution is -0.137.